The van der Waals surface area contributed by atoms with E-state index < -0.39 is 11.1 Å². The lowest BCUT2D eigenvalue weighted by Crippen LogP contribution is -2.07. The van der Waals surface area contributed by atoms with Crippen molar-refractivity contribution in [1.29, 1.82) is 0 Å². The van der Waals surface area contributed by atoms with E-state index in [0.29, 0.717) is 28.3 Å². The molecule has 2 aromatic carbocycles. The number of allylic oxidation sites excluding steroid dienone is 1. The molecule has 120 valence electrons. The molecule has 0 saturated heterocycles. The maximum atomic E-state index is 12.1. The van der Waals surface area contributed by atoms with Crippen LogP contribution in [-0.4, -0.2) is 16.6 Å². The van der Waals surface area contributed by atoms with Crippen molar-refractivity contribution in [3.8, 4) is 0 Å². The Morgan fingerprint density at radius 1 is 1.04 bits per heavy atom. The van der Waals surface area contributed by atoms with Crippen LogP contribution in [0.3, 0.4) is 0 Å². The number of carbonyl (C=O) groups is 1. The van der Waals surface area contributed by atoms with Crippen LogP contribution < -0.4 is 5.73 Å². The molecule has 0 radical (unpaired) electrons. The smallest absolute Gasteiger partial charge is 0.189 e. The fourth-order valence-electron chi connectivity index (χ4n) is 2.22. The maximum absolute atomic E-state index is 12.1. The van der Waals surface area contributed by atoms with Crippen LogP contribution in [0.15, 0.2) is 59.5 Å². The minimum atomic E-state index is -1.49. The molecule has 0 amide bonds. The van der Waals surface area contributed by atoms with Crippen LogP contribution in [0, 0.1) is 0 Å². The second-order valence-corrected chi connectivity index (χ2v) is 6.05. The van der Waals surface area contributed by atoms with E-state index in [-0.39, 0.29) is 5.78 Å². The molecule has 0 aliphatic carbocycles. The highest BCUT2D eigenvalue weighted by Gasteiger charge is 2.14. The van der Waals surface area contributed by atoms with E-state index in [1.807, 2.05) is 30.3 Å². The number of rotatable bonds is 6. The van der Waals surface area contributed by atoms with Crippen molar-refractivity contribution in [3.63, 3.8) is 0 Å². The van der Waals surface area contributed by atoms with Gasteiger partial charge in [0.05, 0.1) is 17.2 Å². The molecule has 2 rings (SSSR count). The van der Waals surface area contributed by atoms with Crippen LogP contribution in [-0.2, 0) is 20.1 Å². The van der Waals surface area contributed by atoms with Gasteiger partial charge in [0.1, 0.15) is 0 Å². The van der Waals surface area contributed by atoms with Gasteiger partial charge in [0.15, 0.2) is 16.9 Å². The molecule has 0 aliphatic heterocycles. The number of Topliss-reactive ketones (excluding diaryl/α,β-unsaturated/α-hetero) is 1. The first kappa shape index (κ1) is 17.1. The van der Waals surface area contributed by atoms with E-state index in [0.717, 1.165) is 5.56 Å². The van der Waals surface area contributed by atoms with Gasteiger partial charge in [0, 0.05) is 5.57 Å². The van der Waals surface area contributed by atoms with Crippen LogP contribution in [0.25, 0.3) is 11.3 Å². The zero-order valence-corrected chi connectivity index (χ0v) is 13.9. The SMILES string of the molecule is CCO[S@@](=O)c1ccc(C(C(C)=O)=C(N)c2ccccc2)cc1. The zero-order valence-electron chi connectivity index (χ0n) is 13.1. The van der Waals surface area contributed by atoms with Crippen LogP contribution in [0.2, 0.25) is 0 Å². The minimum Gasteiger partial charge on any atom is -0.398 e. The molecular weight excluding hydrogens is 310 g/mol. The Labute approximate surface area is 138 Å². The third-order valence-electron chi connectivity index (χ3n) is 3.27. The van der Waals surface area contributed by atoms with E-state index in [4.69, 9.17) is 9.92 Å². The molecule has 0 aliphatic rings. The van der Waals surface area contributed by atoms with Crippen LogP contribution in [0.1, 0.15) is 25.0 Å². The van der Waals surface area contributed by atoms with Crippen molar-refractivity contribution in [2.24, 2.45) is 5.73 Å². The molecule has 0 aromatic heterocycles. The van der Waals surface area contributed by atoms with Crippen molar-refractivity contribution in [2.45, 2.75) is 18.7 Å². The molecule has 2 N–H and O–H groups in total. The summed E-state index contributed by atoms with van der Waals surface area (Å²) in [4.78, 5) is 12.6. The minimum absolute atomic E-state index is 0.120. The standard InChI is InChI=1S/C18H19NO3S/c1-3-22-23(21)16-11-9-14(10-12-16)17(13(2)20)18(19)15-7-5-4-6-8-15/h4-12H,3,19H2,1-2H3/t23-/m1/s1. The van der Waals surface area contributed by atoms with Gasteiger partial charge in [-0.2, -0.15) is 0 Å². The summed E-state index contributed by atoms with van der Waals surface area (Å²) in [7, 11) is 0. The van der Waals surface area contributed by atoms with Gasteiger partial charge < -0.3 is 5.73 Å². The summed E-state index contributed by atoms with van der Waals surface area (Å²) in [6, 6.07) is 16.2. The first-order valence-electron chi connectivity index (χ1n) is 7.26. The van der Waals surface area contributed by atoms with Crippen LogP contribution in [0.5, 0.6) is 0 Å². The van der Waals surface area contributed by atoms with Gasteiger partial charge in [-0.25, -0.2) is 4.21 Å². The molecule has 23 heavy (non-hydrogen) atoms. The Kier molecular flexibility index (Phi) is 5.84. The summed E-state index contributed by atoms with van der Waals surface area (Å²) in [5.41, 5.74) is 8.55. The highest BCUT2D eigenvalue weighted by molar-refractivity contribution is 7.80. The Hall–Kier alpha value is -2.24. The van der Waals surface area contributed by atoms with Gasteiger partial charge in [0.25, 0.3) is 0 Å². The molecule has 0 spiro atoms. The molecule has 0 heterocycles. The van der Waals surface area contributed by atoms with Crippen molar-refractivity contribution in [2.75, 3.05) is 6.61 Å². The fourth-order valence-corrected chi connectivity index (χ4v) is 2.93. The molecule has 0 bridgehead atoms. The molecule has 0 unspecified atom stereocenters. The Morgan fingerprint density at radius 2 is 1.65 bits per heavy atom. The summed E-state index contributed by atoms with van der Waals surface area (Å²) in [5.74, 6) is -0.120. The number of benzene rings is 2. The Balaban J connectivity index is 2.43. The highest BCUT2D eigenvalue weighted by Crippen LogP contribution is 2.24. The van der Waals surface area contributed by atoms with E-state index in [1.165, 1.54) is 6.92 Å². The van der Waals surface area contributed by atoms with Crippen molar-refractivity contribution >= 4 is 28.1 Å². The van der Waals surface area contributed by atoms with Crippen LogP contribution >= 0.6 is 0 Å². The first-order valence-corrected chi connectivity index (χ1v) is 8.33. The van der Waals surface area contributed by atoms with Crippen molar-refractivity contribution < 1.29 is 13.2 Å². The van der Waals surface area contributed by atoms with Gasteiger partial charge in [-0.15, -0.1) is 0 Å². The second-order valence-electron chi connectivity index (χ2n) is 4.88. The molecular formula is C18H19NO3S. The topological polar surface area (TPSA) is 69.4 Å². The summed E-state index contributed by atoms with van der Waals surface area (Å²) in [5, 5.41) is 0. The second kappa shape index (κ2) is 7.85. The van der Waals surface area contributed by atoms with E-state index >= 15 is 0 Å². The molecule has 5 heteroatoms. The maximum Gasteiger partial charge on any atom is 0.189 e. The van der Waals surface area contributed by atoms with Gasteiger partial charge in [-0.05, 0) is 37.1 Å². The molecule has 1 atom stereocenters. The van der Waals surface area contributed by atoms with Crippen molar-refractivity contribution in [3.05, 3.63) is 65.7 Å². The third kappa shape index (κ3) is 4.15. The normalized spacial score (nSPS) is 13.3. The Bertz CT molecular complexity index is 737. The monoisotopic (exact) mass is 329 g/mol. The third-order valence-corrected chi connectivity index (χ3v) is 4.37. The van der Waals surface area contributed by atoms with Crippen molar-refractivity contribution in [1.82, 2.24) is 0 Å². The number of ketones is 1. The summed E-state index contributed by atoms with van der Waals surface area (Å²) >= 11 is -1.49. The number of nitrogens with two attached hydrogens (primary N) is 1. The quantitative estimate of drug-likeness (QED) is 0.653. The summed E-state index contributed by atoms with van der Waals surface area (Å²) < 4.78 is 16.9. The van der Waals surface area contributed by atoms with Gasteiger partial charge in [0.2, 0.25) is 0 Å². The van der Waals surface area contributed by atoms with E-state index in [9.17, 15) is 9.00 Å². The average molecular weight is 329 g/mol. The molecule has 4 nitrogen and oxygen atoms in total. The zero-order chi connectivity index (χ0) is 16.8. The number of hydrogen-bond donors (Lipinski definition) is 1. The number of carbonyl (C=O) groups excluding carboxylic acids is 1. The predicted molar refractivity (Wildman–Crippen MR) is 92.6 cm³/mol. The lowest BCUT2D eigenvalue weighted by atomic mass is 9.97. The predicted octanol–water partition coefficient (Wildman–Crippen LogP) is 3.16. The molecule has 0 saturated carbocycles. The number of hydrogen-bond acceptors (Lipinski definition) is 4. The molecule has 2 aromatic rings. The Morgan fingerprint density at radius 3 is 2.17 bits per heavy atom. The molecule has 0 fully saturated rings. The van der Waals surface area contributed by atoms with E-state index in [1.54, 1.807) is 31.2 Å². The van der Waals surface area contributed by atoms with Gasteiger partial charge in [-0.3, -0.25) is 8.98 Å². The summed E-state index contributed by atoms with van der Waals surface area (Å²) in [6.45, 7) is 3.63. The fraction of sp³-hybridized carbons (Fsp3) is 0.167. The van der Waals surface area contributed by atoms with E-state index in [2.05, 4.69) is 0 Å². The average Bonchev–Trinajstić information content (AvgIpc) is 2.56. The lowest BCUT2D eigenvalue weighted by molar-refractivity contribution is -0.111. The van der Waals surface area contributed by atoms with Gasteiger partial charge in [-0.1, -0.05) is 42.5 Å². The lowest BCUT2D eigenvalue weighted by Gasteiger charge is -2.11. The van der Waals surface area contributed by atoms with Crippen LogP contribution in [0.4, 0.5) is 0 Å². The largest absolute Gasteiger partial charge is 0.398 e. The summed E-state index contributed by atoms with van der Waals surface area (Å²) in [6.07, 6.45) is 0. The first-order chi connectivity index (χ1) is 11.0. The highest BCUT2D eigenvalue weighted by atomic mass is 32.2. The van der Waals surface area contributed by atoms with Gasteiger partial charge >= 0.3 is 0 Å².